The van der Waals surface area contributed by atoms with Crippen molar-refractivity contribution in [2.24, 2.45) is 11.8 Å². The lowest BCUT2D eigenvalue weighted by Crippen LogP contribution is -2.32. The van der Waals surface area contributed by atoms with Crippen molar-refractivity contribution in [3.63, 3.8) is 0 Å². The number of hydrogen-bond acceptors (Lipinski definition) is 3. The molecule has 2 saturated heterocycles. The molecule has 4 nitrogen and oxygen atoms in total. The molecule has 0 spiro atoms. The summed E-state index contributed by atoms with van der Waals surface area (Å²) in [5.74, 6) is 0.698. The Morgan fingerprint density at radius 3 is 2.87 bits per heavy atom. The van der Waals surface area contributed by atoms with E-state index in [4.69, 9.17) is 5.26 Å². The van der Waals surface area contributed by atoms with Gasteiger partial charge in [0.2, 0.25) is 5.91 Å². The minimum atomic E-state index is -0.0726. The van der Waals surface area contributed by atoms with Crippen LogP contribution < -0.4 is 0 Å². The van der Waals surface area contributed by atoms with E-state index in [2.05, 4.69) is 18.0 Å². The van der Waals surface area contributed by atoms with Crippen LogP contribution in [0.1, 0.15) is 12.8 Å². The maximum Gasteiger partial charge on any atom is 0.224 e. The normalized spacial score (nSPS) is 32.3. The van der Waals surface area contributed by atoms with Crippen molar-refractivity contribution in [1.82, 2.24) is 9.80 Å². The van der Waals surface area contributed by atoms with Crippen LogP contribution >= 0.6 is 0 Å². The number of amides is 1. The van der Waals surface area contributed by atoms with Gasteiger partial charge in [-0.05, 0) is 25.9 Å². The first kappa shape index (κ1) is 10.4. The Morgan fingerprint density at radius 2 is 2.33 bits per heavy atom. The lowest BCUT2D eigenvalue weighted by atomic mass is 10.1. The Labute approximate surface area is 90.5 Å². The zero-order chi connectivity index (χ0) is 10.8. The third-order valence-electron chi connectivity index (χ3n) is 3.36. The van der Waals surface area contributed by atoms with Crippen LogP contribution in [0.4, 0.5) is 0 Å². The summed E-state index contributed by atoms with van der Waals surface area (Å²) in [5.41, 5.74) is 0. The lowest BCUT2D eigenvalue weighted by Gasteiger charge is -2.20. The Hall–Kier alpha value is -1.08. The Kier molecular flexibility index (Phi) is 2.92. The van der Waals surface area contributed by atoms with E-state index in [-0.39, 0.29) is 11.8 Å². The molecule has 15 heavy (non-hydrogen) atoms. The van der Waals surface area contributed by atoms with Gasteiger partial charge in [-0.3, -0.25) is 4.79 Å². The Morgan fingerprint density at radius 1 is 1.53 bits per heavy atom. The number of rotatable bonds is 2. The second-order valence-electron chi connectivity index (χ2n) is 4.75. The van der Waals surface area contributed by atoms with Gasteiger partial charge in [0.25, 0.3) is 0 Å². The summed E-state index contributed by atoms with van der Waals surface area (Å²) >= 11 is 0. The lowest BCUT2D eigenvalue weighted by molar-refractivity contribution is -0.128. The number of nitriles is 1. The largest absolute Gasteiger partial charge is 0.341 e. The fourth-order valence-electron chi connectivity index (χ4n) is 2.52. The second kappa shape index (κ2) is 4.19. The summed E-state index contributed by atoms with van der Waals surface area (Å²) in [6.45, 7) is 3.71. The third-order valence-corrected chi connectivity index (χ3v) is 3.36. The highest BCUT2D eigenvalue weighted by molar-refractivity contribution is 5.79. The quantitative estimate of drug-likeness (QED) is 0.654. The van der Waals surface area contributed by atoms with Crippen LogP contribution in [0.15, 0.2) is 0 Å². The van der Waals surface area contributed by atoms with Crippen molar-refractivity contribution in [3.8, 4) is 6.07 Å². The number of carbonyl (C=O) groups excluding carboxylic acids is 1. The number of likely N-dealkylation sites (tertiary alicyclic amines) is 2. The van der Waals surface area contributed by atoms with Gasteiger partial charge in [0, 0.05) is 26.1 Å². The average molecular weight is 207 g/mol. The van der Waals surface area contributed by atoms with E-state index in [0.29, 0.717) is 18.9 Å². The van der Waals surface area contributed by atoms with E-state index in [9.17, 15) is 4.79 Å². The maximum absolute atomic E-state index is 11.6. The van der Waals surface area contributed by atoms with Crippen LogP contribution in [-0.2, 0) is 4.79 Å². The first-order valence-corrected chi connectivity index (χ1v) is 5.55. The topological polar surface area (TPSA) is 47.3 Å². The van der Waals surface area contributed by atoms with E-state index in [1.54, 1.807) is 0 Å². The molecular weight excluding hydrogens is 190 g/mol. The molecule has 0 saturated carbocycles. The number of hydrogen-bond donors (Lipinski definition) is 0. The zero-order valence-electron chi connectivity index (χ0n) is 9.15. The van der Waals surface area contributed by atoms with Crippen molar-refractivity contribution in [3.05, 3.63) is 0 Å². The summed E-state index contributed by atoms with van der Waals surface area (Å²) in [6.07, 6.45) is 1.61. The van der Waals surface area contributed by atoms with Gasteiger partial charge in [0.1, 0.15) is 0 Å². The van der Waals surface area contributed by atoms with E-state index < -0.39 is 0 Å². The highest BCUT2D eigenvalue weighted by Crippen LogP contribution is 2.21. The van der Waals surface area contributed by atoms with E-state index in [1.165, 1.54) is 6.42 Å². The van der Waals surface area contributed by atoms with Gasteiger partial charge in [-0.15, -0.1) is 0 Å². The fourth-order valence-corrected chi connectivity index (χ4v) is 2.52. The maximum atomic E-state index is 11.6. The predicted molar refractivity (Wildman–Crippen MR) is 55.9 cm³/mol. The zero-order valence-corrected chi connectivity index (χ0v) is 9.15. The van der Waals surface area contributed by atoms with Crippen molar-refractivity contribution in [2.45, 2.75) is 12.8 Å². The van der Waals surface area contributed by atoms with Gasteiger partial charge in [-0.2, -0.15) is 5.26 Å². The SMILES string of the molecule is CN1CCC(CN2CC(C#N)CC2=O)C1. The highest BCUT2D eigenvalue weighted by Gasteiger charge is 2.32. The molecule has 2 fully saturated rings. The molecule has 0 aliphatic carbocycles. The first-order valence-electron chi connectivity index (χ1n) is 5.55. The second-order valence-corrected chi connectivity index (χ2v) is 4.75. The number of carbonyl (C=O) groups is 1. The molecular formula is C11H17N3O. The van der Waals surface area contributed by atoms with Crippen LogP contribution in [0, 0.1) is 23.2 Å². The van der Waals surface area contributed by atoms with Crippen molar-refractivity contribution in [1.29, 1.82) is 5.26 Å². The molecule has 2 heterocycles. The van der Waals surface area contributed by atoms with Gasteiger partial charge in [0.05, 0.1) is 12.0 Å². The summed E-state index contributed by atoms with van der Waals surface area (Å²) in [4.78, 5) is 15.7. The molecule has 0 aromatic rings. The van der Waals surface area contributed by atoms with Crippen LogP contribution in [0.5, 0.6) is 0 Å². The van der Waals surface area contributed by atoms with Crippen LogP contribution in [0.3, 0.4) is 0 Å². The van der Waals surface area contributed by atoms with Crippen LogP contribution in [-0.4, -0.2) is 48.9 Å². The molecule has 2 aliphatic heterocycles. The van der Waals surface area contributed by atoms with E-state index >= 15 is 0 Å². The summed E-state index contributed by atoms with van der Waals surface area (Å²) in [7, 11) is 2.11. The molecule has 0 bridgehead atoms. The van der Waals surface area contributed by atoms with E-state index in [1.807, 2.05) is 4.90 Å². The van der Waals surface area contributed by atoms with Gasteiger partial charge < -0.3 is 9.80 Å². The van der Waals surface area contributed by atoms with Crippen LogP contribution in [0.25, 0.3) is 0 Å². The van der Waals surface area contributed by atoms with Gasteiger partial charge in [-0.1, -0.05) is 0 Å². The Bertz CT molecular complexity index is 297. The van der Waals surface area contributed by atoms with E-state index in [0.717, 1.165) is 19.6 Å². The molecule has 2 unspecified atom stereocenters. The van der Waals surface area contributed by atoms with Crippen molar-refractivity contribution < 1.29 is 4.79 Å². The smallest absolute Gasteiger partial charge is 0.224 e. The molecule has 82 valence electrons. The van der Waals surface area contributed by atoms with Gasteiger partial charge in [-0.25, -0.2) is 0 Å². The summed E-state index contributed by atoms with van der Waals surface area (Å²) < 4.78 is 0. The van der Waals surface area contributed by atoms with Gasteiger partial charge >= 0.3 is 0 Å². The molecule has 0 aromatic carbocycles. The molecule has 0 N–H and O–H groups in total. The predicted octanol–water partition coefficient (Wildman–Crippen LogP) is 0.310. The molecule has 2 rings (SSSR count). The molecule has 1 amide bonds. The monoisotopic (exact) mass is 207 g/mol. The minimum Gasteiger partial charge on any atom is -0.341 e. The van der Waals surface area contributed by atoms with Crippen molar-refractivity contribution >= 4 is 5.91 Å². The Balaban J connectivity index is 1.85. The molecule has 0 aromatic heterocycles. The minimum absolute atomic E-state index is 0.0726. The number of nitrogens with zero attached hydrogens (tertiary/aromatic N) is 3. The summed E-state index contributed by atoms with van der Waals surface area (Å²) in [6, 6.07) is 2.19. The molecule has 4 heteroatoms. The van der Waals surface area contributed by atoms with Gasteiger partial charge in [0.15, 0.2) is 0 Å². The molecule has 2 aliphatic rings. The average Bonchev–Trinajstić information content (AvgIpc) is 2.75. The first-order chi connectivity index (χ1) is 7.19. The fraction of sp³-hybridized carbons (Fsp3) is 0.818. The third kappa shape index (κ3) is 2.29. The molecule has 0 radical (unpaired) electrons. The van der Waals surface area contributed by atoms with Crippen molar-refractivity contribution in [2.75, 3.05) is 33.2 Å². The summed E-state index contributed by atoms with van der Waals surface area (Å²) in [5, 5.41) is 8.77. The molecule has 2 atom stereocenters. The highest BCUT2D eigenvalue weighted by atomic mass is 16.2. The standard InChI is InChI=1S/C11H17N3O/c1-13-3-2-9(6-13)7-14-8-10(5-12)4-11(14)15/h9-10H,2-4,6-8H2,1H3. The van der Waals surface area contributed by atoms with Crippen LogP contribution in [0.2, 0.25) is 0 Å².